The predicted molar refractivity (Wildman–Crippen MR) is 86.9 cm³/mol. The van der Waals surface area contributed by atoms with E-state index in [0.717, 1.165) is 35.9 Å². The third kappa shape index (κ3) is 3.64. The fourth-order valence-corrected chi connectivity index (χ4v) is 2.97. The molecule has 2 unspecified atom stereocenters. The van der Waals surface area contributed by atoms with Crippen molar-refractivity contribution in [2.24, 2.45) is 5.92 Å². The normalized spacial score (nSPS) is 22.4. The maximum absolute atomic E-state index is 9.57. The third-order valence-corrected chi connectivity index (χ3v) is 4.38. The number of aromatic nitrogens is 2. The van der Waals surface area contributed by atoms with E-state index in [1.54, 1.807) is 0 Å². The standard InChI is InChI=1S/C16H28N4O/c1-10(2)14-19-15(17-4)11(3)16(20-14)18-13-8-6-5-7-12(13)9-21/h10,12-13,21H,5-9H2,1-4H3,(H2,17,18,19,20). The Bertz CT molecular complexity index is 476. The van der Waals surface area contributed by atoms with E-state index in [-0.39, 0.29) is 6.61 Å². The van der Waals surface area contributed by atoms with Crippen LogP contribution in [0.3, 0.4) is 0 Å². The lowest BCUT2D eigenvalue weighted by Crippen LogP contribution is -2.35. The monoisotopic (exact) mass is 292 g/mol. The van der Waals surface area contributed by atoms with Gasteiger partial charge in [0.25, 0.3) is 0 Å². The molecule has 1 aliphatic carbocycles. The number of anilines is 2. The molecule has 0 aromatic carbocycles. The van der Waals surface area contributed by atoms with Gasteiger partial charge in [0.2, 0.25) is 0 Å². The van der Waals surface area contributed by atoms with Crippen molar-refractivity contribution >= 4 is 11.6 Å². The number of hydrogen-bond acceptors (Lipinski definition) is 5. The van der Waals surface area contributed by atoms with Crippen LogP contribution in [0.25, 0.3) is 0 Å². The van der Waals surface area contributed by atoms with E-state index in [9.17, 15) is 5.11 Å². The quantitative estimate of drug-likeness (QED) is 0.778. The van der Waals surface area contributed by atoms with Gasteiger partial charge in [-0.1, -0.05) is 26.7 Å². The molecule has 0 radical (unpaired) electrons. The Balaban J connectivity index is 2.27. The van der Waals surface area contributed by atoms with Gasteiger partial charge in [-0.2, -0.15) is 0 Å². The summed E-state index contributed by atoms with van der Waals surface area (Å²) in [5.41, 5.74) is 1.05. The van der Waals surface area contributed by atoms with Crippen molar-refractivity contribution < 1.29 is 5.11 Å². The zero-order chi connectivity index (χ0) is 15.4. The summed E-state index contributed by atoms with van der Waals surface area (Å²) < 4.78 is 0. The van der Waals surface area contributed by atoms with Gasteiger partial charge in [0.15, 0.2) is 0 Å². The fourth-order valence-electron chi connectivity index (χ4n) is 2.97. The number of aliphatic hydroxyl groups is 1. The molecule has 3 N–H and O–H groups in total. The van der Waals surface area contributed by atoms with E-state index in [2.05, 4.69) is 29.5 Å². The molecule has 0 saturated heterocycles. The van der Waals surface area contributed by atoms with Crippen LogP contribution in [0.1, 0.15) is 56.8 Å². The van der Waals surface area contributed by atoms with Crippen molar-refractivity contribution in [2.45, 2.75) is 58.4 Å². The number of rotatable bonds is 5. The molecule has 118 valence electrons. The van der Waals surface area contributed by atoms with Crippen molar-refractivity contribution in [3.8, 4) is 0 Å². The number of nitrogens with zero attached hydrogens (tertiary/aromatic N) is 2. The van der Waals surface area contributed by atoms with Crippen LogP contribution in [0.5, 0.6) is 0 Å². The second kappa shape index (κ2) is 7.07. The molecule has 2 atom stereocenters. The highest BCUT2D eigenvalue weighted by Crippen LogP contribution is 2.29. The summed E-state index contributed by atoms with van der Waals surface area (Å²) in [7, 11) is 1.89. The molecule has 0 amide bonds. The molecule has 1 aromatic heterocycles. The summed E-state index contributed by atoms with van der Waals surface area (Å²) in [6.45, 7) is 6.49. The van der Waals surface area contributed by atoms with Crippen molar-refractivity contribution in [2.75, 3.05) is 24.3 Å². The van der Waals surface area contributed by atoms with Crippen LogP contribution in [0.2, 0.25) is 0 Å². The average molecular weight is 292 g/mol. The van der Waals surface area contributed by atoms with Gasteiger partial charge in [0.1, 0.15) is 17.5 Å². The van der Waals surface area contributed by atoms with E-state index in [0.29, 0.717) is 17.9 Å². The summed E-state index contributed by atoms with van der Waals surface area (Å²) in [6, 6.07) is 0.307. The van der Waals surface area contributed by atoms with Crippen LogP contribution in [0, 0.1) is 12.8 Å². The lowest BCUT2D eigenvalue weighted by atomic mass is 9.85. The van der Waals surface area contributed by atoms with Gasteiger partial charge in [-0.25, -0.2) is 9.97 Å². The van der Waals surface area contributed by atoms with Crippen LogP contribution >= 0.6 is 0 Å². The molecule has 2 rings (SSSR count). The summed E-state index contributed by atoms with van der Waals surface area (Å²) >= 11 is 0. The molecule has 21 heavy (non-hydrogen) atoms. The first-order chi connectivity index (χ1) is 10.1. The van der Waals surface area contributed by atoms with Gasteiger partial charge in [-0.15, -0.1) is 0 Å². The topological polar surface area (TPSA) is 70.1 Å². The smallest absolute Gasteiger partial charge is 0.135 e. The highest BCUT2D eigenvalue weighted by molar-refractivity contribution is 5.57. The summed E-state index contributed by atoms with van der Waals surface area (Å²) in [4.78, 5) is 9.27. The van der Waals surface area contributed by atoms with Crippen LogP contribution in [0.4, 0.5) is 11.6 Å². The number of hydrogen-bond donors (Lipinski definition) is 3. The largest absolute Gasteiger partial charge is 0.396 e. The van der Waals surface area contributed by atoms with Gasteiger partial charge in [-0.05, 0) is 19.8 Å². The maximum atomic E-state index is 9.57. The summed E-state index contributed by atoms with van der Waals surface area (Å²) in [5, 5.41) is 16.3. The molecule has 0 aliphatic heterocycles. The summed E-state index contributed by atoms with van der Waals surface area (Å²) in [5.74, 6) is 3.26. The Labute approximate surface area is 127 Å². The molecule has 0 bridgehead atoms. The molecular weight excluding hydrogens is 264 g/mol. The maximum Gasteiger partial charge on any atom is 0.135 e. The van der Waals surface area contributed by atoms with E-state index in [4.69, 9.17) is 4.98 Å². The van der Waals surface area contributed by atoms with Crippen LogP contribution < -0.4 is 10.6 Å². The van der Waals surface area contributed by atoms with Crippen LogP contribution in [-0.2, 0) is 0 Å². The Morgan fingerprint density at radius 1 is 1.19 bits per heavy atom. The van der Waals surface area contributed by atoms with Gasteiger partial charge in [0, 0.05) is 37.1 Å². The van der Waals surface area contributed by atoms with Crippen LogP contribution in [0.15, 0.2) is 0 Å². The zero-order valence-corrected chi connectivity index (χ0v) is 13.6. The van der Waals surface area contributed by atoms with Crippen molar-refractivity contribution in [1.29, 1.82) is 0 Å². The molecule has 5 nitrogen and oxygen atoms in total. The molecule has 1 aliphatic rings. The van der Waals surface area contributed by atoms with Gasteiger partial charge in [0.05, 0.1) is 0 Å². The predicted octanol–water partition coefficient (Wildman–Crippen LogP) is 2.91. The minimum absolute atomic E-state index is 0.248. The number of nitrogens with one attached hydrogen (secondary N) is 2. The molecule has 1 saturated carbocycles. The summed E-state index contributed by atoms with van der Waals surface area (Å²) in [6.07, 6.45) is 4.62. The van der Waals surface area contributed by atoms with Gasteiger partial charge < -0.3 is 15.7 Å². The van der Waals surface area contributed by atoms with E-state index >= 15 is 0 Å². The molecule has 5 heteroatoms. The Kier molecular flexibility index (Phi) is 5.39. The fraction of sp³-hybridized carbons (Fsp3) is 0.750. The Hall–Kier alpha value is -1.36. The second-order valence-corrected chi connectivity index (χ2v) is 6.29. The van der Waals surface area contributed by atoms with E-state index in [1.165, 1.54) is 12.8 Å². The molecule has 0 spiro atoms. The van der Waals surface area contributed by atoms with Crippen LogP contribution in [-0.4, -0.2) is 34.8 Å². The molecular formula is C16H28N4O. The van der Waals surface area contributed by atoms with Crippen molar-refractivity contribution in [1.82, 2.24) is 9.97 Å². The Morgan fingerprint density at radius 3 is 2.48 bits per heavy atom. The first-order valence-corrected chi connectivity index (χ1v) is 8.00. The SMILES string of the molecule is CNc1nc(C(C)C)nc(NC2CCCCC2CO)c1C. The molecule has 1 aromatic rings. The Morgan fingerprint density at radius 2 is 1.86 bits per heavy atom. The number of aliphatic hydroxyl groups excluding tert-OH is 1. The highest BCUT2D eigenvalue weighted by atomic mass is 16.3. The van der Waals surface area contributed by atoms with Gasteiger partial charge >= 0.3 is 0 Å². The second-order valence-electron chi connectivity index (χ2n) is 6.29. The first-order valence-electron chi connectivity index (χ1n) is 8.00. The minimum Gasteiger partial charge on any atom is -0.396 e. The van der Waals surface area contributed by atoms with Gasteiger partial charge in [-0.3, -0.25) is 0 Å². The first kappa shape index (κ1) is 16.0. The molecule has 1 fully saturated rings. The lowest BCUT2D eigenvalue weighted by Gasteiger charge is -2.32. The molecule has 1 heterocycles. The van der Waals surface area contributed by atoms with E-state index < -0.39 is 0 Å². The van der Waals surface area contributed by atoms with E-state index in [1.807, 2.05) is 14.0 Å². The third-order valence-electron chi connectivity index (χ3n) is 4.38. The lowest BCUT2D eigenvalue weighted by molar-refractivity contribution is 0.178. The van der Waals surface area contributed by atoms with Crippen molar-refractivity contribution in [3.05, 3.63) is 11.4 Å². The minimum atomic E-state index is 0.248. The average Bonchev–Trinajstić information content (AvgIpc) is 2.49. The zero-order valence-electron chi connectivity index (χ0n) is 13.6. The van der Waals surface area contributed by atoms with Crippen molar-refractivity contribution in [3.63, 3.8) is 0 Å². The highest BCUT2D eigenvalue weighted by Gasteiger charge is 2.25.